The fraction of sp³-hybridized carbons (Fsp3) is 0.267. The average molecular weight is 306 g/mol. The van der Waals surface area contributed by atoms with Crippen molar-refractivity contribution in [2.45, 2.75) is 26.7 Å². The maximum atomic E-state index is 5.87. The predicted octanol–water partition coefficient (Wildman–Crippen LogP) is 5.07. The van der Waals surface area contributed by atoms with E-state index >= 15 is 0 Å². The van der Waals surface area contributed by atoms with Crippen LogP contribution in [-0.2, 0) is 0 Å². The van der Waals surface area contributed by atoms with Crippen molar-refractivity contribution < 1.29 is 4.74 Å². The Hall–Kier alpha value is -1.35. The van der Waals surface area contributed by atoms with Gasteiger partial charge < -0.3 is 4.74 Å². The summed E-state index contributed by atoms with van der Waals surface area (Å²) in [5, 5.41) is 0. The van der Waals surface area contributed by atoms with Crippen LogP contribution in [0.1, 0.15) is 31.0 Å². The largest absolute Gasteiger partial charge is 0.439 e. The Morgan fingerprint density at radius 1 is 1.17 bits per heavy atom. The molecule has 2 aromatic rings. The topological polar surface area (TPSA) is 22.1 Å². The number of pyridine rings is 1. The van der Waals surface area contributed by atoms with Crippen molar-refractivity contribution in [3.05, 3.63) is 52.1 Å². The highest BCUT2D eigenvalue weighted by atomic mass is 79.9. The Balaban J connectivity index is 2.34. The minimum atomic E-state index is 0.405. The standard InChI is InChI=1S/C15H16BrNO/c1-10(2)13-9-12(16)7-8-14(13)18-15-6-4-5-11(3)17-15/h4-10H,1-3H3. The summed E-state index contributed by atoms with van der Waals surface area (Å²) in [4.78, 5) is 4.36. The van der Waals surface area contributed by atoms with Gasteiger partial charge in [-0.05, 0) is 42.7 Å². The first-order valence-electron chi connectivity index (χ1n) is 5.97. The molecule has 0 N–H and O–H groups in total. The van der Waals surface area contributed by atoms with Gasteiger partial charge in [0.15, 0.2) is 0 Å². The highest BCUT2D eigenvalue weighted by molar-refractivity contribution is 9.10. The van der Waals surface area contributed by atoms with Crippen molar-refractivity contribution in [2.75, 3.05) is 0 Å². The molecule has 0 aliphatic rings. The second kappa shape index (κ2) is 5.53. The summed E-state index contributed by atoms with van der Waals surface area (Å²) in [7, 11) is 0. The van der Waals surface area contributed by atoms with E-state index in [1.165, 1.54) is 5.56 Å². The molecular formula is C15H16BrNO. The molecule has 3 heteroatoms. The number of aryl methyl sites for hydroxylation is 1. The van der Waals surface area contributed by atoms with Gasteiger partial charge in [-0.25, -0.2) is 4.98 Å². The maximum Gasteiger partial charge on any atom is 0.219 e. The first-order chi connectivity index (χ1) is 8.56. The lowest BCUT2D eigenvalue weighted by molar-refractivity contribution is 0.453. The van der Waals surface area contributed by atoms with Gasteiger partial charge in [0.1, 0.15) is 5.75 Å². The SMILES string of the molecule is Cc1cccc(Oc2ccc(Br)cc2C(C)C)n1. The number of nitrogens with zero attached hydrogens (tertiary/aromatic N) is 1. The van der Waals surface area contributed by atoms with Gasteiger partial charge >= 0.3 is 0 Å². The van der Waals surface area contributed by atoms with Gasteiger partial charge in [-0.2, -0.15) is 0 Å². The summed E-state index contributed by atoms with van der Waals surface area (Å²) in [6.07, 6.45) is 0. The average Bonchev–Trinajstić information content (AvgIpc) is 2.31. The third-order valence-corrected chi connectivity index (χ3v) is 3.16. The van der Waals surface area contributed by atoms with Crippen LogP contribution in [0.15, 0.2) is 40.9 Å². The highest BCUT2D eigenvalue weighted by Gasteiger charge is 2.10. The summed E-state index contributed by atoms with van der Waals surface area (Å²) >= 11 is 3.49. The van der Waals surface area contributed by atoms with E-state index in [9.17, 15) is 0 Å². The number of hydrogen-bond acceptors (Lipinski definition) is 2. The molecule has 0 unspecified atom stereocenters. The fourth-order valence-corrected chi connectivity index (χ4v) is 2.13. The van der Waals surface area contributed by atoms with Crippen LogP contribution in [0.3, 0.4) is 0 Å². The molecule has 0 saturated heterocycles. The van der Waals surface area contributed by atoms with Gasteiger partial charge in [0.25, 0.3) is 0 Å². The minimum Gasteiger partial charge on any atom is -0.439 e. The van der Waals surface area contributed by atoms with E-state index in [0.717, 1.165) is 15.9 Å². The Morgan fingerprint density at radius 2 is 1.94 bits per heavy atom. The highest BCUT2D eigenvalue weighted by Crippen LogP contribution is 2.32. The van der Waals surface area contributed by atoms with Crippen molar-refractivity contribution >= 4 is 15.9 Å². The Morgan fingerprint density at radius 3 is 2.61 bits per heavy atom. The van der Waals surface area contributed by atoms with Gasteiger partial charge in [-0.15, -0.1) is 0 Å². The molecule has 0 spiro atoms. The summed E-state index contributed by atoms with van der Waals surface area (Å²) in [6.45, 7) is 6.26. The third kappa shape index (κ3) is 3.10. The van der Waals surface area contributed by atoms with Gasteiger partial charge in [-0.3, -0.25) is 0 Å². The summed E-state index contributed by atoms with van der Waals surface area (Å²) < 4.78 is 6.94. The molecule has 94 valence electrons. The van der Waals surface area contributed by atoms with Gasteiger partial charge in [-0.1, -0.05) is 35.8 Å². The lowest BCUT2D eigenvalue weighted by Gasteiger charge is -2.13. The van der Waals surface area contributed by atoms with Gasteiger partial charge in [0.05, 0.1) is 0 Å². The Bertz CT molecular complexity index is 552. The quantitative estimate of drug-likeness (QED) is 0.790. The van der Waals surface area contributed by atoms with Crippen LogP contribution in [-0.4, -0.2) is 4.98 Å². The summed E-state index contributed by atoms with van der Waals surface area (Å²) in [6, 6.07) is 11.8. The van der Waals surface area contributed by atoms with Gasteiger partial charge in [0, 0.05) is 16.2 Å². The first-order valence-corrected chi connectivity index (χ1v) is 6.76. The summed E-state index contributed by atoms with van der Waals surface area (Å²) in [5.41, 5.74) is 2.13. The van der Waals surface area contributed by atoms with E-state index < -0.39 is 0 Å². The molecule has 0 bridgehead atoms. The monoisotopic (exact) mass is 305 g/mol. The van der Waals surface area contributed by atoms with Gasteiger partial charge in [0.2, 0.25) is 5.88 Å². The van der Waals surface area contributed by atoms with E-state index in [4.69, 9.17) is 4.74 Å². The first kappa shape index (κ1) is 13.1. The zero-order chi connectivity index (χ0) is 13.1. The molecule has 1 aromatic heterocycles. The maximum absolute atomic E-state index is 5.87. The van der Waals surface area contributed by atoms with Crippen LogP contribution < -0.4 is 4.74 Å². The van der Waals surface area contributed by atoms with E-state index in [2.05, 4.69) is 40.8 Å². The molecule has 0 amide bonds. The third-order valence-electron chi connectivity index (χ3n) is 2.67. The van der Waals surface area contributed by atoms with Crippen LogP contribution in [0.2, 0.25) is 0 Å². The smallest absolute Gasteiger partial charge is 0.219 e. The van der Waals surface area contributed by atoms with E-state index in [0.29, 0.717) is 11.8 Å². The van der Waals surface area contributed by atoms with Crippen LogP contribution in [0.5, 0.6) is 11.6 Å². The van der Waals surface area contributed by atoms with Crippen molar-refractivity contribution in [1.82, 2.24) is 4.98 Å². The molecule has 0 saturated carbocycles. The van der Waals surface area contributed by atoms with Crippen molar-refractivity contribution in [3.8, 4) is 11.6 Å². The normalized spacial score (nSPS) is 10.7. The van der Waals surface area contributed by atoms with Crippen LogP contribution in [0.25, 0.3) is 0 Å². The zero-order valence-corrected chi connectivity index (χ0v) is 12.4. The Kier molecular flexibility index (Phi) is 4.02. The molecule has 0 atom stereocenters. The van der Waals surface area contributed by atoms with Crippen molar-refractivity contribution in [2.24, 2.45) is 0 Å². The van der Waals surface area contributed by atoms with Crippen LogP contribution in [0.4, 0.5) is 0 Å². The van der Waals surface area contributed by atoms with Crippen molar-refractivity contribution in [1.29, 1.82) is 0 Å². The minimum absolute atomic E-state index is 0.405. The number of hydrogen-bond donors (Lipinski definition) is 0. The molecule has 0 fully saturated rings. The van der Waals surface area contributed by atoms with E-state index in [1.807, 2.05) is 37.3 Å². The molecular weight excluding hydrogens is 290 g/mol. The lowest BCUT2D eigenvalue weighted by Crippen LogP contribution is -1.96. The second-order valence-corrected chi connectivity index (χ2v) is 5.47. The Labute approximate surface area is 116 Å². The van der Waals surface area contributed by atoms with E-state index in [1.54, 1.807) is 0 Å². The molecule has 0 radical (unpaired) electrons. The number of aromatic nitrogens is 1. The second-order valence-electron chi connectivity index (χ2n) is 4.56. The van der Waals surface area contributed by atoms with Crippen molar-refractivity contribution in [3.63, 3.8) is 0 Å². The van der Waals surface area contributed by atoms with Crippen LogP contribution in [0, 0.1) is 6.92 Å². The molecule has 1 aromatic carbocycles. The zero-order valence-electron chi connectivity index (χ0n) is 10.8. The molecule has 2 nitrogen and oxygen atoms in total. The molecule has 0 aliphatic carbocycles. The molecule has 2 rings (SSSR count). The fourth-order valence-electron chi connectivity index (χ4n) is 1.75. The number of benzene rings is 1. The van der Waals surface area contributed by atoms with E-state index in [-0.39, 0.29) is 0 Å². The summed E-state index contributed by atoms with van der Waals surface area (Å²) in [5.74, 6) is 1.91. The number of halogens is 1. The number of ether oxygens (including phenoxy) is 1. The molecule has 1 heterocycles. The molecule has 0 aliphatic heterocycles. The molecule has 18 heavy (non-hydrogen) atoms. The predicted molar refractivity (Wildman–Crippen MR) is 77.3 cm³/mol. The number of rotatable bonds is 3. The van der Waals surface area contributed by atoms with Crippen LogP contribution >= 0.6 is 15.9 Å². The lowest BCUT2D eigenvalue weighted by atomic mass is 10.0.